The standard InChI is InChI=1S/C14H20N8/c1-2-4-15-13-19-12(11-18-20-13)21-7-9-22(10-8-21)14-16-5-3-6-17-14/h3,5-6,11H,2,4,7-10H2,1H3,(H,15,19,20). The molecule has 0 bridgehead atoms. The highest BCUT2D eigenvalue weighted by molar-refractivity contribution is 5.43. The highest BCUT2D eigenvalue weighted by Gasteiger charge is 2.20. The van der Waals surface area contributed by atoms with E-state index in [-0.39, 0.29) is 0 Å². The van der Waals surface area contributed by atoms with E-state index in [9.17, 15) is 0 Å². The molecule has 3 heterocycles. The molecule has 3 rings (SSSR count). The molecule has 0 amide bonds. The van der Waals surface area contributed by atoms with Crippen molar-refractivity contribution in [3.8, 4) is 0 Å². The van der Waals surface area contributed by atoms with Gasteiger partial charge in [-0.05, 0) is 12.5 Å². The summed E-state index contributed by atoms with van der Waals surface area (Å²) in [5.41, 5.74) is 0. The summed E-state index contributed by atoms with van der Waals surface area (Å²) in [5, 5.41) is 11.2. The quantitative estimate of drug-likeness (QED) is 0.868. The fourth-order valence-corrected chi connectivity index (χ4v) is 2.35. The van der Waals surface area contributed by atoms with E-state index in [1.807, 2.05) is 6.07 Å². The van der Waals surface area contributed by atoms with Gasteiger partial charge in [-0.15, -0.1) is 5.10 Å². The Bertz CT molecular complexity index is 582. The lowest BCUT2D eigenvalue weighted by Gasteiger charge is -2.35. The van der Waals surface area contributed by atoms with Crippen molar-refractivity contribution in [3.63, 3.8) is 0 Å². The van der Waals surface area contributed by atoms with Gasteiger partial charge in [-0.1, -0.05) is 6.92 Å². The third-order valence-corrected chi connectivity index (χ3v) is 3.52. The monoisotopic (exact) mass is 300 g/mol. The highest BCUT2D eigenvalue weighted by atomic mass is 15.4. The Hall–Kier alpha value is -2.51. The van der Waals surface area contributed by atoms with Gasteiger partial charge in [0, 0.05) is 45.1 Å². The number of anilines is 3. The Kier molecular flexibility index (Phi) is 4.57. The fraction of sp³-hybridized carbons (Fsp3) is 0.500. The largest absolute Gasteiger partial charge is 0.353 e. The Morgan fingerprint density at radius 3 is 2.55 bits per heavy atom. The first-order valence-corrected chi connectivity index (χ1v) is 7.57. The van der Waals surface area contributed by atoms with Crippen LogP contribution < -0.4 is 15.1 Å². The zero-order valence-corrected chi connectivity index (χ0v) is 12.7. The van der Waals surface area contributed by atoms with Crippen molar-refractivity contribution in [2.24, 2.45) is 0 Å². The van der Waals surface area contributed by atoms with Gasteiger partial charge in [-0.3, -0.25) is 0 Å². The summed E-state index contributed by atoms with van der Waals surface area (Å²) >= 11 is 0. The van der Waals surface area contributed by atoms with Crippen LogP contribution in [0.2, 0.25) is 0 Å². The first-order chi connectivity index (χ1) is 10.9. The number of aromatic nitrogens is 5. The number of hydrogen-bond acceptors (Lipinski definition) is 8. The van der Waals surface area contributed by atoms with Crippen LogP contribution in [0.3, 0.4) is 0 Å². The molecule has 8 heteroatoms. The molecule has 0 atom stereocenters. The zero-order chi connectivity index (χ0) is 15.2. The summed E-state index contributed by atoms with van der Waals surface area (Å²) in [5.74, 6) is 2.24. The number of nitrogens with one attached hydrogen (secondary N) is 1. The second-order valence-electron chi connectivity index (χ2n) is 5.09. The Balaban J connectivity index is 1.61. The third kappa shape index (κ3) is 3.38. The predicted octanol–water partition coefficient (Wildman–Crippen LogP) is 0.810. The van der Waals surface area contributed by atoms with Crippen LogP contribution in [0.5, 0.6) is 0 Å². The molecule has 22 heavy (non-hydrogen) atoms. The number of piperazine rings is 1. The van der Waals surface area contributed by atoms with Crippen LogP contribution in [-0.4, -0.2) is 57.9 Å². The zero-order valence-electron chi connectivity index (χ0n) is 12.7. The lowest BCUT2D eigenvalue weighted by Crippen LogP contribution is -2.47. The van der Waals surface area contributed by atoms with E-state index in [1.54, 1.807) is 18.6 Å². The maximum Gasteiger partial charge on any atom is 0.244 e. The fourth-order valence-electron chi connectivity index (χ4n) is 2.35. The molecule has 8 nitrogen and oxygen atoms in total. The van der Waals surface area contributed by atoms with Crippen LogP contribution in [0, 0.1) is 0 Å². The van der Waals surface area contributed by atoms with Crippen molar-refractivity contribution in [1.29, 1.82) is 0 Å². The van der Waals surface area contributed by atoms with Crippen LogP contribution >= 0.6 is 0 Å². The highest BCUT2D eigenvalue weighted by Crippen LogP contribution is 2.15. The van der Waals surface area contributed by atoms with E-state index >= 15 is 0 Å². The van der Waals surface area contributed by atoms with Crippen molar-refractivity contribution >= 4 is 17.7 Å². The minimum absolute atomic E-state index is 0.591. The molecule has 1 fully saturated rings. The summed E-state index contributed by atoms with van der Waals surface area (Å²) in [7, 11) is 0. The average molecular weight is 300 g/mol. The lowest BCUT2D eigenvalue weighted by molar-refractivity contribution is 0.632. The molecular formula is C14H20N8. The van der Waals surface area contributed by atoms with Crippen LogP contribution in [0.25, 0.3) is 0 Å². The van der Waals surface area contributed by atoms with E-state index in [2.05, 4.69) is 47.2 Å². The molecule has 1 saturated heterocycles. The molecule has 0 saturated carbocycles. The Labute approximate surface area is 129 Å². The van der Waals surface area contributed by atoms with Gasteiger partial charge in [0.1, 0.15) is 0 Å². The Morgan fingerprint density at radius 1 is 1.09 bits per heavy atom. The Morgan fingerprint density at radius 2 is 1.82 bits per heavy atom. The molecular weight excluding hydrogens is 280 g/mol. The molecule has 1 aliphatic rings. The minimum Gasteiger partial charge on any atom is -0.353 e. The molecule has 0 radical (unpaired) electrons. The van der Waals surface area contributed by atoms with Crippen LogP contribution in [0.1, 0.15) is 13.3 Å². The van der Waals surface area contributed by atoms with Gasteiger partial charge in [-0.25, -0.2) is 9.97 Å². The van der Waals surface area contributed by atoms with Gasteiger partial charge in [0.05, 0.1) is 6.20 Å². The maximum atomic E-state index is 4.52. The molecule has 116 valence electrons. The number of hydrogen-bond donors (Lipinski definition) is 1. The van der Waals surface area contributed by atoms with Crippen molar-refractivity contribution in [1.82, 2.24) is 25.1 Å². The summed E-state index contributed by atoms with van der Waals surface area (Å²) < 4.78 is 0. The summed E-state index contributed by atoms with van der Waals surface area (Å²) in [6.07, 6.45) is 6.29. The third-order valence-electron chi connectivity index (χ3n) is 3.52. The van der Waals surface area contributed by atoms with Gasteiger partial charge in [0.25, 0.3) is 0 Å². The van der Waals surface area contributed by atoms with Crippen molar-refractivity contribution in [2.75, 3.05) is 47.8 Å². The van der Waals surface area contributed by atoms with Crippen molar-refractivity contribution < 1.29 is 0 Å². The summed E-state index contributed by atoms with van der Waals surface area (Å²) in [4.78, 5) is 17.5. The van der Waals surface area contributed by atoms with E-state index in [0.29, 0.717) is 5.95 Å². The molecule has 1 N–H and O–H groups in total. The second kappa shape index (κ2) is 6.97. The molecule has 2 aromatic rings. The average Bonchev–Trinajstić information content (AvgIpc) is 2.61. The summed E-state index contributed by atoms with van der Waals surface area (Å²) in [6.45, 7) is 6.42. The van der Waals surface area contributed by atoms with E-state index < -0.39 is 0 Å². The normalized spacial score (nSPS) is 15.0. The molecule has 1 aliphatic heterocycles. The minimum atomic E-state index is 0.591. The smallest absolute Gasteiger partial charge is 0.244 e. The second-order valence-corrected chi connectivity index (χ2v) is 5.09. The van der Waals surface area contributed by atoms with Gasteiger partial charge in [0.2, 0.25) is 11.9 Å². The molecule has 0 unspecified atom stereocenters. The van der Waals surface area contributed by atoms with Crippen molar-refractivity contribution in [2.45, 2.75) is 13.3 Å². The summed E-state index contributed by atoms with van der Waals surface area (Å²) in [6, 6.07) is 1.83. The number of rotatable bonds is 5. The maximum absolute atomic E-state index is 4.52. The lowest BCUT2D eigenvalue weighted by atomic mass is 10.3. The number of nitrogens with zero attached hydrogens (tertiary/aromatic N) is 7. The van der Waals surface area contributed by atoms with Crippen LogP contribution in [0.15, 0.2) is 24.7 Å². The van der Waals surface area contributed by atoms with Crippen LogP contribution in [0.4, 0.5) is 17.7 Å². The van der Waals surface area contributed by atoms with E-state index in [1.165, 1.54) is 0 Å². The first-order valence-electron chi connectivity index (χ1n) is 7.57. The predicted molar refractivity (Wildman–Crippen MR) is 85.1 cm³/mol. The SMILES string of the molecule is CCCNc1nncc(N2CCN(c3ncccn3)CC2)n1. The van der Waals surface area contributed by atoms with E-state index in [0.717, 1.165) is 50.9 Å². The molecule has 0 spiro atoms. The van der Waals surface area contributed by atoms with Gasteiger partial charge in [0.15, 0.2) is 5.82 Å². The topological polar surface area (TPSA) is 83.0 Å². The van der Waals surface area contributed by atoms with Crippen molar-refractivity contribution in [3.05, 3.63) is 24.7 Å². The van der Waals surface area contributed by atoms with Gasteiger partial charge in [-0.2, -0.15) is 10.1 Å². The molecule has 2 aromatic heterocycles. The van der Waals surface area contributed by atoms with Gasteiger partial charge < -0.3 is 15.1 Å². The molecule has 0 aromatic carbocycles. The van der Waals surface area contributed by atoms with Gasteiger partial charge >= 0.3 is 0 Å². The van der Waals surface area contributed by atoms with Crippen LogP contribution in [-0.2, 0) is 0 Å². The van der Waals surface area contributed by atoms with E-state index in [4.69, 9.17) is 0 Å². The first kappa shape index (κ1) is 14.4. The molecule has 0 aliphatic carbocycles.